The van der Waals surface area contributed by atoms with E-state index >= 15 is 0 Å². The van der Waals surface area contributed by atoms with Crippen LogP contribution in [0.15, 0.2) is 42.7 Å². The van der Waals surface area contributed by atoms with Crippen LogP contribution in [-0.4, -0.2) is 46.6 Å². The number of nitrogens with one attached hydrogen (secondary N) is 1. The number of benzene rings is 1. The summed E-state index contributed by atoms with van der Waals surface area (Å²) >= 11 is 0. The van der Waals surface area contributed by atoms with Crippen LogP contribution in [0.3, 0.4) is 0 Å². The molecule has 0 radical (unpaired) electrons. The summed E-state index contributed by atoms with van der Waals surface area (Å²) in [5, 5.41) is 19.8. The van der Waals surface area contributed by atoms with Gasteiger partial charge in [0.2, 0.25) is 0 Å². The Kier molecular flexibility index (Phi) is 4.86. The second kappa shape index (κ2) is 7.82. The molecule has 5 rings (SSSR count). The molecule has 0 amide bonds. The number of likely N-dealkylation sites (tertiary alicyclic amines) is 1. The number of rotatable bonds is 5. The Hall–Kier alpha value is -3.35. The number of hydrogen-bond donors (Lipinski definition) is 1. The molecule has 2 aromatic heterocycles. The molecule has 2 atom stereocenters. The fourth-order valence-electron chi connectivity index (χ4n) is 5.16. The van der Waals surface area contributed by atoms with E-state index in [0.29, 0.717) is 23.2 Å². The van der Waals surface area contributed by atoms with Gasteiger partial charge < -0.3 is 9.88 Å². The SMILES string of the molecule is N#Cc1ccc2[nH]cc(CCCN3CC4CCC(C3)N4c3ncccc3C#N)c2c1. The van der Waals surface area contributed by atoms with Gasteiger partial charge in [-0.2, -0.15) is 10.5 Å². The highest BCUT2D eigenvalue weighted by molar-refractivity contribution is 5.84. The molecule has 2 aliphatic rings. The number of pyridine rings is 1. The number of hydrogen-bond acceptors (Lipinski definition) is 5. The minimum atomic E-state index is 0.442. The van der Waals surface area contributed by atoms with Crippen LogP contribution in [0.2, 0.25) is 0 Å². The minimum Gasteiger partial charge on any atom is -0.361 e. The number of aromatic amines is 1. The first-order valence-corrected chi connectivity index (χ1v) is 10.6. The number of piperazine rings is 1. The van der Waals surface area contributed by atoms with Crippen LogP contribution in [0, 0.1) is 22.7 Å². The van der Waals surface area contributed by atoms with E-state index in [9.17, 15) is 10.5 Å². The fourth-order valence-corrected chi connectivity index (χ4v) is 5.16. The lowest BCUT2D eigenvalue weighted by Gasteiger charge is -2.42. The van der Waals surface area contributed by atoms with Gasteiger partial charge in [-0.3, -0.25) is 4.90 Å². The van der Waals surface area contributed by atoms with Gasteiger partial charge in [0.05, 0.1) is 17.2 Å². The third-order valence-electron chi connectivity index (χ3n) is 6.53. The summed E-state index contributed by atoms with van der Waals surface area (Å²) in [4.78, 5) is 12.8. The average Bonchev–Trinajstić information content (AvgIpc) is 3.30. The Morgan fingerprint density at radius 2 is 1.93 bits per heavy atom. The van der Waals surface area contributed by atoms with E-state index in [2.05, 4.69) is 38.1 Å². The van der Waals surface area contributed by atoms with Crippen molar-refractivity contribution in [1.29, 1.82) is 10.5 Å². The van der Waals surface area contributed by atoms with E-state index in [1.54, 1.807) is 6.20 Å². The molecule has 150 valence electrons. The molecule has 2 aliphatic heterocycles. The Morgan fingerprint density at radius 1 is 1.10 bits per heavy atom. The van der Waals surface area contributed by atoms with E-state index in [4.69, 9.17) is 0 Å². The maximum Gasteiger partial charge on any atom is 0.147 e. The van der Waals surface area contributed by atoms with Gasteiger partial charge in [-0.15, -0.1) is 0 Å². The van der Waals surface area contributed by atoms with Gasteiger partial charge in [-0.05, 0) is 68.1 Å². The van der Waals surface area contributed by atoms with Crippen molar-refractivity contribution in [2.75, 3.05) is 24.5 Å². The van der Waals surface area contributed by atoms with Gasteiger partial charge in [0.25, 0.3) is 0 Å². The number of nitriles is 2. The molecular formula is C24H24N6. The number of anilines is 1. The molecule has 2 bridgehead atoms. The molecular weight excluding hydrogens is 372 g/mol. The Bertz CT molecular complexity index is 1140. The lowest BCUT2D eigenvalue weighted by molar-refractivity contribution is 0.217. The van der Waals surface area contributed by atoms with Crippen molar-refractivity contribution in [2.45, 2.75) is 37.8 Å². The van der Waals surface area contributed by atoms with E-state index in [0.717, 1.165) is 49.2 Å². The van der Waals surface area contributed by atoms with Crippen molar-refractivity contribution in [3.8, 4) is 12.1 Å². The number of aryl methyl sites for hydroxylation is 1. The first-order chi connectivity index (χ1) is 14.8. The number of nitrogens with zero attached hydrogens (tertiary/aromatic N) is 5. The summed E-state index contributed by atoms with van der Waals surface area (Å²) in [5.41, 5.74) is 3.77. The lowest BCUT2D eigenvalue weighted by Crippen LogP contribution is -2.54. The third-order valence-corrected chi connectivity index (χ3v) is 6.53. The van der Waals surface area contributed by atoms with Crippen LogP contribution in [-0.2, 0) is 6.42 Å². The molecule has 1 N–H and O–H groups in total. The summed E-state index contributed by atoms with van der Waals surface area (Å²) < 4.78 is 0. The maximum absolute atomic E-state index is 9.46. The predicted octanol–water partition coefficient (Wildman–Crippen LogP) is 3.59. The third kappa shape index (κ3) is 3.30. The molecule has 0 spiro atoms. The van der Waals surface area contributed by atoms with E-state index in [1.165, 1.54) is 18.4 Å². The van der Waals surface area contributed by atoms with Crippen LogP contribution in [0.5, 0.6) is 0 Å². The number of H-pyrrole nitrogens is 1. The predicted molar refractivity (Wildman–Crippen MR) is 116 cm³/mol. The van der Waals surface area contributed by atoms with Crippen LogP contribution in [0.4, 0.5) is 5.82 Å². The molecule has 2 saturated heterocycles. The highest BCUT2D eigenvalue weighted by Gasteiger charge is 2.41. The van der Waals surface area contributed by atoms with Gasteiger partial charge in [-0.1, -0.05) is 0 Å². The van der Waals surface area contributed by atoms with E-state index in [1.807, 2.05) is 30.3 Å². The minimum absolute atomic E-state index is 0.442. The van der Waals surface area contributed by atoms with Crippen LogP contribution in [0.25, 0.3) is 10.9 Å². The van der Waals surface area contributed by atoms with Crippen LogP contribution >= 0.6 is 0 Å². The summed E-state index contributed by atoms with van der Waals surface area (Å²) in [6.07, 6.45) is 8.31. The molecule has 0 saturated carbocycles. The van der Waals surface area contributed by atoms with Gasteiger partial charge >= 0.3 is 0 Å². The normalized spacial score (nSPS) is 20.9. The van der Waals surface area contributed by atoms with Crippen molar-refractivity contribution < 1.29 is 0 Å². The number of fused-ring (bicyclic) bond motifs is 3. The molecule has 1 aromatic carbocycles. The second-order valence-corrected chi connectivity index (χ2v) is 8.33. The zero-order chi connectivity index (χ0) is 20.5. The first-order valence-electron chi connectivity index (χ1n) is 10.6. The van der Waals surface area contributed by atoms with Gasteiger partial charge in [0, 0.05) is 48.5 Å². The summed E-state index contributed by atoms with van der Waals surface area (Å²) in [5.74, 6) is 0.860. The topological polar surface area (TPSA) is 82.7 Å². The van der Waals surface area contributed by atoms with Gasteiger partial charge in [0.1, 0.15) is 11.9 Å². The molecule has 4 heterocycles. The molecule has 2 fully saturated rings. The van der Waals surface area contributed by atoms with Crippen LogP contribution in [0.1, 0.15) is 36.0 Å². The highest BCUT2D eigenvalue weighted by atomic mass is 15.3. The Morgan fingerprint density at radius 3 is 2.70 bits per heavy atom. The monoisotopic (exact) mass is 396 g/mol. The fraction of sp³-hybridized carbons (Fsp3) is 0.375. The zero-order valence-corrected chi connectivity index (χ0v) is 16.9. The standard InChI is InChI=1S/C24H24N6/c25-12-17-5-8-23-22(11-17)19(14-28-23)4-2-10-29-15-20-6-7-21(16-29)30(20)24-18(13-26)3-1-9-27-24/h1,3,5,8-9,11,14,20-21,28H,2,4,6-7,10,15-16H2. The van der Waals surface area contributed by atoms with Crippen molar-refractivity contribution in [3.05, 3.63) is 59.4 Å². The van der Waals surface area contributed by atoms with Gasteiger partial charge in [-0.25, -0.2) is 4.98 Å². The average molecular weight is 396 g/mol. The summed E-state index contributed by atoms with van der Waals surface area (Å²) in [7, 11) is 0. The Labute approximate surface area is 176 Å². The maximum atomic E-state index is 9.46. The molecule has 0 aliphatic carbocycles. The smallest absolute Gasteiger partial charge is 0.147 e. The zero-order valence-electron chi connectivity index (χ0n) is 16.9. The second-order valence-electron chi connectivity index (χ2n) is 8.33. The van der Waals surface area contributed by atoms with Crippen molar-refractivity contribution in [1.82, 2.24) is 14.9 Å². The van der Waals surface area contributed by atoms with Crippen molar-refractivity contribution >= 4 is 16.7 Å². The van der Waals surface area contributed by atoms with Gasteiger partial charge in [0.15, 0.2) is 0 Å². The molecule has 6 nitrogen and oxygen atoms in total. The summed E-state index contributed by atoms with van der Waals surface area (Å²) in [6, 6.07) is 15.0. The first kappa shape index (κ1) is 18.7. The lowest BCUT2D eigenvalue weighted by atomic mass is 10.1. The quantitative estimate of drug-likeness (QED) is 0.713. The van der Waals surface area contributed by atoms with E-state index in [-0.39, 0.29) is 0 Å². The molecule has 3 aromatic rings. The van der Waals surface area contributed by atoms with Crippen LogP contribution < -0.4 is 4.90 Å². The molecule has 2 unspecified atom stereocenters. The molecule has 6 heteroatoms. The summed E-state index contributed by atoms with van der Waals surface area (Å²) in [6.45, 7) is 3.13. The Balaban J connectivity index is 1.23. The van der Waals surface area contributed by atoms with E-state index < -0.39 is 0 Å². The number of aromatic nitrogens is 2. The van der Waals surface area contributed by atoms with Crippen molar-refractivity contribution in [3.63, 3.8) is 0 Å². The molecule has 30 heavy (non-hydrogen) atoms. The highest BCUT2D eigenvalue weighted by Crippen LogP contribution is 2.35. The largest absolute Gasteiger partial charge is 0.361 e. The van der Waals surface area contributed by atoms with Crippen molar-refractivity contribution in [2.24, 2.45) is 0 Å².